The summed E-state index contributed by atoms with van der Waals surface area (Å²) in [5, 5.41) is 3.95. The van der Waals surface area contributed by atoms with E-state index in [1.54, 1.807) is 0 Å². The molecule has 0 bridgehead atoms. The molecule has 0 saturated heterocycles. The van der Waals surface area contributed by atoms with Gasteiger partial charge >= 0.3 is 0 Å². The summed E-state index contributed by atoms with van der Waals surface area (Å²) in [6.07, 6.45) is 1.51. The zero-order chi connectivity index (χ0) is 9.26. The van der Waals surface area contributed by atoms with Gasteiger partial charge in [-0.15, -0.1) is 0 Å². The molecule has 4 heteroatoms. The first-order valence-electron chi connectivity index (χ1n) is 4.07. The molecule has 0 saturated carbocycles. The molecule has 0 radical (unpaired) electrons. The Morgan fingerprint density at radius 3 is 2.85 bits per heavy atom. The molecule has 2 aromatic rings. The van der Waals surface area contributed by atoms with E-state index in [4.69, 9.17) is 0 Å². The number of nitrogens with zero attached hydrogens (tertiary/aromatic N) is 3. The summed E-state index contributed by atoms with van der Waals surface area (Å²) in [6.45, 7) is 1.95. The van der Waals surface area contributed by atoms with Crippen molar-refractivity contribution in [2.75, 3.05) is 12.4 Å². The number of pyridine rings is 1. The van der Waals surface area contributed by atoms with Gasteiger partial charge in [0.2, 0.25) is 0 Å². The van der Waals surface area contributed by atoms with Gasteiger partial charge in [-0.25, -0.2) is 15.0 Å². The fourth-order valence-electron chi connectivity index (χ4n) is 1.24. The third-order valence-electron chi connectivity index (χ3n) is 1.87. The molecule has 13 heavy (non-hydrogen) atoms. The molecule has 66 valence electrons. The first-order valence-corrected chi connectivity index (χ1v) is 4.07. The molecule has 2 rings (SSSR count). The molecule has 0 fully saturated rings. The van der Waals surface area contributed by atoms with Gasteiger partial charge in [0.25, 0.3) is 0 Å². The van der Waals surface area contributed by atoms with E-state index in [9.17, 15) is 0 Å². The Labute approximate surface area is 76.1 Å². The smallest absolute Gasteiger partial charge is 0.164 e. The first kappa shape index (κ1) is 7.91. The van der Waals surface area contributed by atoms with Crippen molar-refractivity contribution in [2.45, 2.75) is 6.92 Å². The quantitative estimate of drug-likeness (QED) is 0.709. The van der Waals surface area contributed by atoms with Crippen molar-refractivity contribution in [3.05, 3.63) is 24.2 Å². The summed E-state index contributed by atoms with van der Waals surface area (Å²) in [7, 11) is 1.83. The van der Waals surface area contributed by atoms with Crippen molar-refractivity contribution in [2.24, 2.45) is 0 Å². The predicted octanol–water partition coefficient (Wildman–Crippen LogP) is 1.37. The van der Waals surface area contributed by atoms with Gasteiger partial charge in [0.05, 0.1) is 5.39 Å². The Hall–Kier alpha value is -1.71. The second kappa shape index (κ2) is 2.97. The van der Waals surface area contributed by atoms with Crippen LogP contribution in [0.3, 0.4) is 0 Å². The minimum atomic E-state index is 0.736. The minimum absolute atomic E-state index is 0.736. The lowest BCUT2D eigenvalue weighted by atomic mass is 10.3. The summed E-state index contributed by atoms with van der Waals surface area (Å²) >= 11 is 0. The number of anilines is 1. The van der Waals surface area contributed by atoms with Gasteiger partial charge in [-0.1, -0.05) is 0 Å². The maximum atomic E-state index is 4.29. The molecule has 0 aromatic carbocycles. The van der Waals surface area contributed by atoms with Gasteiger partial charge in [0.15, 0.2) is 5.65 Å². The van der Waals surface area contributed by atoms with Gasteiger partial charge in [0.1, 0.15) is 12.1 Å². The highest BCUT2D eigenvalue weighted by molar-refractivity contribution is 5.85. The number of hydrogen-bond acceptors (Lipinski definition) is 4. The third-order valence-corrected chi connectivity index (χ3v) is 1.87. The van der Waals surface area contributed by atoms with Crippen LogP contribution in [0.25, 0.3) is 11.0 Å². The largest absolute Gasteiger partial charge is 0.372 e. The summed E-state index contributed by atoms with van der Waals surface area (Å²) < 4.78 is 0. The molecule has 2 heterocycles. The molecule has 0 unspecified atom stereocenters. The lowest BCUT2D eigenvalue weighted by Crippen LogP contribution is -1.96. The van der Waals surface area contributed by atoms with E-state index in [1.807, 2.05) is 26.1 Å². The number of nitrogens with one attached hydrogen (secondary N) is 1. The average molecular weight is 174 g/mol. The molecule has 0 aliphatic carbocycles. The van der Waals surface area contributed by atoms with Crippen LogP contribution in [0, 0.1) is 6.92 Å². The molecule has 0 atom stereocenters. The van der Waals surface area contributed by atoms with Crippen molar-refractivity contribution >= 4 is 16.9 Å². The van der Waals surface area contributed by atoms with Crippen molar-refractivity contribution in [3.8, 4) is 0 Å². The van der Waals surface area contributed by atoms with Crippen LogP contribution < -0.4 is 5.32 Å². The zero-order valence-corrected chi connectivity index (χ0v) is 7.57. The Morgan fingerprint density at radius 1 is 1.23 bits per heavy atom. The predicted molar refractivity (Wildman–Crippen MR) is 51.6 cm³/mol. The van der Waals surface area contributed by atoms with Crippen LogP contribution in [0.5, 0.6) is 0 Å². The molecule has 2 aromatic heterocycles. The molecule has 1 N–H and O–H groups in total. The maximum absolute atomic E-state index is 4.29. The molecule has 0 aliphatic heterocycles. The van der Waals surface area contributed by atoms with Gasteiger partial charge < -0.3 is 5.32 Å². The summed E-state index contributed by atoms with van der Waals surface area (Å²) in [5.41, 5.74) is 1.70. The monoisotopic (exact) mass is 174 g/mol. The van der Waals surface area contributed by atoms with E-state index in [-0.39, 0.29) is 0 Å². The number of aromatic nitrogens is 3. The lowest BCUT2D eigenvalue weighted by Gasteiger charge is -2.02. The van der Waals surface area contributed by atoms with Gasteiger partial charge in [-0.05, 0) is 19.1 Å². The lowest BCUT2D eigenvalue weighted by molar-refractivity contribution is 1.14. The minimum Gasteiger partial charge on any atom is -0.372 e. The SMILES string of the molecule is CNc1ncnc2nc(C)ccc12. The molecular formula is C9H10N4. The highest BCUT2D eigenvalue weighted by Crippen LogP contribution is 2.16. The number of rotatable bonds is 1. The molecule has 4 nitrogen and oxygen atoms in total. The summed E-state index contributed by atoms with van der Waals surface area (Å²) in [5.74, 6) is 0.817. The summed E-state index contributed by atoms with van der Waals surface area (Å²) in [4.78, 5) is 12.5. The van der Waals surface area contributed by atoms with E-state index in [0.717, 1.165) is 22.5 Å². The van der Waals surface area contributed by atoms with Gasteiger partial charge in [-0.3, -0.25) is 0 Å². The Kier molecular flexibility index (Phi) is 1.81. The third kappa shape index (κ3) is 1.30. The summed E-state index contributed by atoms with van der Waals surface area (Å²) in [6, 6.07) is 3.93. The fraction of sp³-hybridized carbons (Fsp3) is 0.222. The maximum Gasteiger partial charge on any atom is 0.164 e. The standard InChI is InChI=1S/C9H10N4/c1-6-3-4-7-8(10-2)11-5-12-9(7)13-6/h3-5H,1-2H3,(H,10,11,12,13). The van der Waals surface area contributed by atoms with E-state index in [2.05, 4.69) is 20.3 Å². The van der Waals surface area contributed by atoms with Crippen molar-refractivity contribution in [1.82, 2.24) is 15.0 Å². The first-order chi connectivity index (χ1) is 6.31. The number of fused-ring (bicyclic) bond motifs is 1. The van der Waals surface area contributed by atoms with Crippen molar-refractivity contribution in [3.63, 3.8) is 0 Å². The normalized spacial score (nSPS) is 10.3. The molecule has 0 aliphatic rings. The topological polar surface area (TPSA) is 50.7 Å². The van der Waals surface area contributed by atoms with E-state index in [1.165, 1.54) is 6.33 Å². The van der Waals surface area contributed by atoms with Gasteiger partial charge in [0, 0.05) is 12.7 Å². The van der Waals surface area contributed by atoms with Crippen LogP contribution in [0.4, 0.5) is 5.82 Å². The zero-order valence-electron chi connectivity index (χ0n) is 7.57. The fourth-order valence-corrected chi connectivity index (χ4v) is 1.24. The van der Waals surface area contributed by atoms with E-state index in [0.29, 0.717) is 0 Å². The Balaban J connectivity index is 2.77. The Bertz CT molecular complexity index is 439. The van der Waals surface area contributed by atoms with Crippen LogP contribution in [0.15, 0.2) is 18.5 Å². The van der Waals surface area contributed by atoms with Crippen LogP contribution in [0.1, 0.15) is 5.69 Å². The number of hydrogen-bond donors (Lipinski definition) is 1. The highest BCUT2D eigenvalue weighted by atomic mass is 15.0. The van der Waals surface area contributed by atoms with Crippen molar-refractivity contribution in [1.29, 1.82) is 0 Å². The molecular weight excluding hydrogens is 164 g/mol. The van der Waals surface area contributed by atoms with Crippen LogP contribution in [-0.4, -0.2) is 22.0 Å². The molecule has 0 spiro atoms. The Morgan fingerprint density at radius 2 is 2.08 bits per heavy atom. The molecule has 0 amide bonds. The second-order valence-corrected chi connectivity index (χ2v) is 2.80. The van der Waals surface area contributed by atoms with Crippen molar-refractivity contribution < 1.29 is 0 Å². The number of aryl methyl sites for hydroxylation is 1. The second-order valence-electron chi connectivity index (χ2n) is 2.80. The van der Waals surface area contributed by atoms with E-state index >= 15 is 0 Å². The average Bonchev–Trinajstić information content (AvgIpc) is 2.16. The van der Waals surface area contributed by atoms with Gasteiger partial charge in [-0.2, -0.15) is 0 Å². The van der Waals surface area contributed by atoms with Crippen LogP contribution in [-0.2, 0) is 0 Å². The van der Waals surface area contributed by atoms with Crippen LogP contribution >= 0.6 is 0 Å². The van der Waals surface area contributed by atoms with E-state index < -0.39 is 0 Å². The van der Waals surface area contributed by atoms with Crippen LogP contribution in [0.2, 0.25) is 0 Å². The highest BCUT2D eigenvalue weighted by Gasteiger charge is 2.01.